The number of benzene rings is 1. The Morgan fingerprint density at radius 1 is 1.56 bits per heavy atom. The highest BCUT2D eigenvalue weighted by Crippen LogP contribution is 2.38. The molecule has 1 heterocycles. The molecular weight excluding hydrogens is 234 g/mol. The van der Waals surface area contributed by atoms with E-state index in [2.05, 4.69) is 5.32 Å². The molecule has 0 saturated carbocycles. The first-order valence-electron chi connectivity index (χ1n) is 5.95. The standard InChI is InChI=1S/C13H17NO4/c1-4-17-13(15)14-11-6-9(16-3)7-12-10(11)5-8(2)18-12/h6-8H,4-5H2,1-3H3,(H,14,15). The van der Waals surface area contributed by atoms with Gasteiger partial charge < -0.3 is 14.2 Å². The van der Waals surface area contributed by atoms with Crippen LogP contribution in [-0.4, -0.2) is 25.9 Å². The second kappa shape index (κ2) is 5.16. The lowest BCUT2D eigenvalue weighted by Crippen LogP contribution is -2.14. The maximum absolute atomic E-state index is 11.5. The van der Waals surface area contributed by atoms with E-state index in [9.17, 15) is 4.79 Å². The maximum atomic E-state index is 11.5. The maximum Gasteiger partial charge on any atom is 0.411 e. The second-order valence-electron chi connectivity index (χ2n) is 4.13. The Labute approximate surface area is 106 Å². The molecule has 18 heavy (non-hydrogen) atoms. The summed E-state index contributed by atoms with van der Waals surface area (Å²) in [6.07, 6.45) is 0.406. The van der Waals surface area contributed by atoms with Gasteiger partial charge in [-0.2, -0.15) is 0 Å². The average molecular weight is 251 g/mol. The minimum absolute atomic E-state index is 0.106. The van der Waals surface area contributed by atoms with Crippen LogP contribution in [0.15, 0.2) is 12.1 Å². The molecule has 0 aromatic heterocycles. The number of rotatable bonds is 3. The molecule has 0 aliphatic carbocycles. The molecule has 0 bridgehead atoms. The number of amides is 1. The molecule has 5 heteroatoms. The number of methoxy groups -OCH3 is 1. The number of carbonyl (C=O) groups is 1. The first-order valence-corrected chi connectivity index (χ1v) is 5.95. The Balaban J connectivity index is 2.28. The van der Waals surface area contributed by atoms with Crippen LogP contribution in [0.25, 0.3) is 0 Å². The summed E-state index contributed by atoms with van der Waals surface area (Å²) >= 11 is 0. The van der Waals surface area contributed by atoms with Crippen LogP contribution in [0.4, 0.5) is 10.5 Å². The molecule has 5 nitrogen and oxygen atoms in total. The predicted octanol–water partition coefficient (Wildman–Crippen LogP) is 2.59. The largest absolute Gasteiger partial charge is 0.497 e. The smallest absolute Gasteiger partial charge is 0.411 e. The summed E-state index contributed by atoms with van der Waals surface area (Å²) in [4.78, 5) is 11.5. The third-order valence-corrected chi connectivity index (χ3v) is 2.75. The molecule has 1 aromatic carbocycles. The van der Waals surface area contributed by atoms with Gasteiger partial charge in [-0.25, -0.2) is 4.79 Å². The van der Waals surface area contributed by atoms with Crippen LogP contribution >= 0.6 is 0 Å². The lowest BCUT2D eigenvalue weighted by molar-refractivity contribution is 0.168. The number of carbonyl (C=O) groups excluding carboxylic acids is 1. The number of nitrogens with one attached hydrogen (secondary N) is 1. The lowest BCUT2D eigenvalue weighted by atomic mass is 10.1. The highest BCUT2D eigenvalue weighted by molar-refractivity contribution is 5.87. The van der Waals surface area contributed by atoms with Crippen LogP contribution in [0.2, 0.25) is 0 Å². The fourth-order valence-corrected chi connectivity index (χ4v) is 1.99. The van der Waals surface area contributed by atoms with Gasteiger partial charge in [-0.3, -0.25) is 5.32 Å². The fraction of sp³-hybridized carbons (Fsp3) is 0.462. The van der Waals surface area contributed by atoms with Gasteiger partial charge in [0.15, 0.2) is 0 Å². The van der Waals surface area contributed by atoms with E-state index >= 15 is 0 Å². The van der Waals surface area contributed by atoms with Crippen molar-refractivity contribution in [2.75, 3.05) is 19.0 Å². The molecule has 98 valence electrons. The highest BCUT2D eigenvalue weighted by atomic mass is 16.5. The van der Waals surface area contributed by atoms with Crippen LogP contribution in [0.3, 0.4) is 0 Å². The minimum atomic E-state index is -0.465. The van der Waals surface area contributed by atoms with E-state index in [0.29, 0.717) is 18.0 Å². The SMILES string of the molecule is CCOC(=O)Nc1cc(OC)cc2c1CC(C)O2. The number of fused-ring (bicyclic) bond motifs is 1. The summed E-state index contributed by atoms with van der Waals surface area (Å²) in [6.45, 7) is 4.09. The van der Waals surface area contributed by atoms with Gasteiger partial charge in [-0.05, 0) is 13.8 Å². The molecule has 1 aliphatic rings. The van der Waals surface area contributed by atoms with Crippen molar-refractivity contribution in [1.82, 2.24) is 0 Å². The summed E-state index contributed by atoms with van der Waals surface area (Å²) < 4.78 is 15.7. The highest BCUT2D eigenvalue weighted by Gasteiger charge is 2.24. The Morgan fingerprint density at radius 3 is 3.00 bits per heavy atom. The summed E-state index contributed by atoms with van der Waals surface area (Å²) in [5.74, 6) is 1.41. The molecule has 2 rings (SSSR count). The van der Waals surface area contributed by atoms with Crippen molar-refractivity contribution in [2.45, 2.75) is 26.4 Å². The number of hydrogen-bond acceptors (Lipinski definition) is 4. The van der Waals surface area contributed by atoms with E-state index in [-0.39, 0.29) is 6.10 Å². The summed E-state index contributed by atoms with van der Waals surface area (Å²) in [7, 11) is 1.58. The average Bonchev–Trinajstić information content (AvgIpc) is 2.69. The molecule has 0 radical (unpaired) electrons. The van der Waals surface area contributed by atoms with Gasteiger partial charge in [-0.1, -0.05) is 0 Å². The van der Waals surface area contributed by atoms with Gasteiger partial charge in [-0.15, -0.1) is 0 Å². The van der Waals surface area contributed by atoms with E-state index in [1.54, 1.807) is 20.1 Å². The first-order chi connectivity index (χ1) is 8.63. The van der Waals surface area contributed by atoms with Crippen LogP contribution in [-0.2, 0) is 11.2 Å². The Bertz CT molecular complexity index is 459. The van der Waals surface area contributed by atoms with Gasteiger partial charge in [0.1, 0.15) is 17.6 Å². The number of ether oxygens (including phenoxy) is 3. The Hall–Kier alpha value is -1.91. The van der Waals surface area contributed by atoms with Crippen molar-refractivity contribution in [3.63, 3.8) is 0 Å². The minimum Gasteiger partial charge on any atom is -0.497 e. The zero-order valence-electron chi connectivity index (χ0n) is 10.8. The Kier molecular flexibility index (Phi) is 3.60. The van der Waals surface area contributed by atoms with Gasteiger partial charge in [0, 0.05) is 24.1 Å². The molecule has 1 aromatic rings. The zero-order valence-corrected chi connectivity index (χ0v) is 10.8. The van der Waals surface area contributed by atoms with Crippen molar-refractivity contribution in [3.05, 3.63) is 17.7 Å². The van der Waals surface area contributed by atoms with Gasteiger partial charge in [0.2, 0.25) is 0 Å². The summed E-state index contributed by atoms with van der Waals surface area (Å²) in [5.41, 5.74) is 1.67. The molecular formula is C13H17NO4. The molecule has 0 saturated heterocycles. The van der Waals surface area contributed by atoms with Crippen molar-refractivity contribution < 1.29 is 19.0 Å². The van der Waals surface area contributed by atoms with Gasteiger partial charge >= 0.3 is 6.09 Å². The van der Waals surface area contributed by atoms with Gasteiger partial charge in [0.05, 0.1) is 19.4 Å². The number of hydrogen-bond donors (Lipinski definition) is 1. The van der Waals surface area contributed by atoms with Crippen molar-refractivity contribution in [2.24, 2.45) is 0 Å². The van der Waals surface area contributed by atoms with Gasteiger partial charge in [0.25, 0.3) is 0 Å². The fourth-order valence-electron chi connectivity index (χ4n) is 1.99. The zero-order chi connectivity index (χ0) is 13.1. The first kappa shape index (κ1) is 12.5. The van der Waals surface area contributed by atoms with Crippen LogP contribution in [0.5, 0.6) is 11.5 Å². The van der Waals surface area contributed by atoms with Crippen LogP contribution in [0, 0.1) is 0 Å². The van der Waals surface area contributed by atoms with E-state index in [1.165, 1.54) is 0 Å². The van der Waals surface area contributed by atoms with Crippen molar-refractivity contribution in [1.29, 1.82) is 0 Å². The third kappa shape index (κ3) is 2.50. The normalized spacial score (nSPS) is 16.7. The number of anilines is 1. The summed E-state index contributed by atoms with van der Waals surface area (Å²) in [6, 6.07) is 3.60. The van der Waals surface area contributed by atoms with E-state index in [4.69, 9.17) is 14.2 Å². The Morgan fingerprint density at radius 2 is 2.33 bits per heavy atom. The third-order valence-electron chi connectivity index (χ3n) is 2.75. The monoisotopic (exact) mass is 251 g/mol. The second-order valence-corrected chi connectivity index (χ2v) is 4.13. The van der Waals surface area contributed by atoms with Crippen molar-refractivity contribution >= 4 is 11.8 Å². The molecule has 0 spiro atoms. The van der Waals surface area contributed by atoms with Crippen LogP contribution in [0.1, 0.15) is 19.4 Å². The lowest BCUT2D eigenvalue weighted by Gasteiger charge is -2.11. The molecule has 1 unspecified atom stereocenters. The molecule has 1 atom stereocenters. The van der Waals surface area contributed by atoms with E-state index in [0.717, 1.165) is 17.7 Å². The topological polar surface area (TPSA) is 56.8 Å². The molecule has 0 fully saturated rings. The molecule has 1 aliphatic heterocycles. The predicted molar refractivity (Wildman–Crippen MR) is 67.4 cm³/mol. The van der Waals surface area contributed by atoms with E-state index in [1.807, 2.05) is 13.0 Å². The molecule has 1 amide bonds. The van der Waals surface area contributed by atoms with Crippen LogP contribution < -0.4 is 14.8 Å². The molecule has 1 N–H and O–H groups in total. The van der Waals surface area contributed by atoms with Crippen molar-refractivity contribution in [3.8, 4) is 11.5 Å². The quantitative estimate of drug-likeness (QED) is 0.897. The summed E-state index contributed by atoms with van der Waals surface area (Å²) in [5, 5.41) is 2.72. The van der Waals surface area contributed by atoms with E-state index < -0.39 is 6.09 Å².